The largest absolute Gasteiger partial charge is 0.483 e. The second-order valence-electron chi connectivity index (χ2n) is 3.44. The Balaban J connectivity index is 1.99. The van der Waals surface area contributed by atoms with E-state index >= 15 is 0 Å². The molecule has 0 radical (unpaired) electrons. The van der Waals surface area contributed by atoms with Crippen molar-refractivity contribution in [3.8, 4) is 5.75 Å². The molecule has 17 heavy (non-hydrogen) atoms. The van der Waals surface area contributed by atoms with Gasteiger partial charge in [-0.05, 0) is 6.07 Å². The number of cyclic esters (lactones) is 1. The lowest BCUT2D eigenvalue weighted by Crippen LogP contribution is -2.22. The van der Waals surface area contributed by atoms with Crippen LogP contribution in [0.5, 0.6) is 5.75 Å². The molecule has 1 unspecified atom stereocenters. The topological polar surface area (TPSA) is 90.7 Å². The first kappa shape index (κ1) is 11.2. The zero-order valence-corrected chi connectivity index (χ0v) is 8.79. The molecule has 1 saturated heterocycles. The average Bonchev–Trinajstić information content (AvgIpc) is 2.73. The molecule has 1 aliphatic heterocycles. The Morgan fingerprint density at radius 1 is 1.53 bits per heavy atom. The van der Waals surface area contributed by atoms with Crippen molar-refractivity contribution in [2.75, 3.05) is 13.2 Å². The fourth-order valence-corrected chi connectivity index (χ4v) is 1.44. The summed E-state index contributed by atoms with van der Waals surface area (Å²) < 4.78 is 10.1. The average molecular weight is 238 g/mol. The van der Waals surface area contributed by atoms with E-state index in [2.05, 4.69) is 5.32 Å². The Morgan fingerprint density at radius 2 is 2.29 bits per heavy atom. The molecule has 1 N–H and O–H groups in total. The van der Waals surface area contributed by atoms with Crippen LogP contribution in [0.15, 0.2) is 24.3 Å². The molecule has 0 aliphatic carbocycles. The van der Waals surface area contributed by atoms with Crippen LogP contribution in [0.4, 0.5) is 10.5 Å². The van der Waals surface area contributed by atoms with Gasteiger partial charge in [0.15, 0.2) is 11.9 Å². The van der Waals surface area contributed by atoms with Gasteiger partial charge in [-0.3, -0.25) is 10.1 Å². The van der Waals surface area contributed by atoms with Crippen LogP contribution in [0.3, 0.4) is 0 Å². The molecule has 90 valence electrons. The molecule has 2 rings (SSSR count). The van der Waals surface area contributed by atoms with E-state index in [0.29, 0.717) is 6.54 Å². The number of para-hydroxylation sites is 2. The predicted molar refractivity (Wildman–Crippen MR) is 56.9 cm³/mol. The van der Waals surface area contributed by atoms with Gasteiger partial charge in [0, 0.05) is 6.07 Å². The number of hydrogen-bond donors (Lipinski definition) is 1. The number of carbonyl (C=O) groups excluding carboxylic acids is 1. The van der Waals surface area contributed by atoms with Crippen LogP contribution in [0, 0.1) is 10.1 Å². The standard InChI is InChI=1S/C10H10N2O5/c13-10-11-5-7(17-10)6-16-9-4-2-1-3-8(9)12(14)15/h1-4,7H,5-6H2,(H,11,13). The number of amides is 1. The van der Waals surface area contributed by atoms with Gasteiger partial charge in [0.2, 0.25) is 0 Å². The van der Waals surface area contributed by atoms with Crippen LogP contribution in [0.2, 0.25) is 0 Å². The third-order valence-electron chi connectivity index (χ3n) is 2.23. The summed E-state index contributed by atoms with van der Waals surface area (Å²) in [6.07, 6.45) is -0.913. The monoisotopic (exact) mass is 238 g/mol. The highest BCUT2D eigenvalue weighted by Gasteiger charge is 2.24. The smallest absolute Gasteiger partial charge is 0.407 e. The van der Waals surface area contributed by atoms with E-state index in [9.17, 15) is 14.9 Å². The van der Waals surface area contributed by atoms with E-state index in [-0.39, 0.29) is 18.0 Å². The van der Waals surface area contributed by atoms with Gasteiger partial charge < -0.3 is 14.8 Å². The normalized spacial score (nSPS) is 18.4. The maximum atomic E-state index is 10.7. The van der Waals surface area contributed by atoms with Crippen molar-refractivity contribution in [3.63, 3.8) is 0 Å². The molecular weight excluding hydrogens is 228 g/mol. The number of alkyl carbamates (subject to hydrolysis) is 1. The number of carbonyl (C=O) groups is 1. The molecule has 1 aromatic carbocycles. The van der Waals surface area contributed by atoms with Crippen LogP contribution in [-0.2, 0) is 4.74 Å². The summed E-state index contributed by atoms with van der Waals surface area (Å²) in [6, 6.07) is 6.06. The van der Waals surface area contributed by atoms with Crippen LogP contribution >= 0.6 is 0 Å². The zero-order chi connectivity index (χ0) is 12.3. The first-order chi connectivity index (χ1) is 8.16. The van der Waals surface area contributed by atoms with Crippen LogP contribution in [0.1, 0.15) is 0 Å². The molecule has 1 atom stereocenters. The van der Waals surface area contributed by atoms with Gasteiger partial charge in [0.05, 0.1) is 11.5 Å². The Morgan fingerprint density at radius 3 is 2.94 bits per heavy atom. The summed E-state index contributed by atoms with van der Waals surface area (Å²) in [5.74, 6) is 0.167. The first-order valence-corrected chi connectivity index (χ1v) is 4.97. The summed E-state index contributed by atoms with van der Waals surface area (Å²) in [7, 11) is 0. The summed E-state index contributed by atoms with van der Waals surface area (Å²) >= 11 is 0. The van der Waals surface area contributed by atoms with Gasteiger partial charge in [0.1, 0.15) is 6.61 Å². The third-order valence-corrected chi connectivity index (χ3v) is 2.23. The minimum Gasteiger partial charge on any atom is -0.483 e. The Bertz CT molecular complexity index is 448. The predicted octanol–water partition coefficient (Wildman–Crippen LogP) is 1.08. The lowest BCUT2D eigenvalue weighted by molar-refractivity contribution is -0.385. The Hall–Kier alpha value is -2.31. The Kier molecular flexibility index (Phi) is 3.08. The summed E-state index contributed by atoms with van der Waals surface area (Å²) in [4.78, 5) is 20.9. The second kappa shape index (κ2) is 4.69. The van der Waals surface area contributed by atoms with Crippen molar-refractivity contribution in [1.82, 2.24) is 5.32 Å². The van der Waals surface area contributed by atoms with Crippen molar-refractivity contribution in [2.45, 2.75) is 6.10 Å². The number of benzene rings is 1. The van der Waals surface area contributed by atoms with Crippen LogP contribution in [-0.4, -0.2) is 30.3 Å². The molecule has 7 heteroatoms. The second-order valence-corrected chi connectivity index (χ2v) is 3.44. The maximum absolute atomic E-state index is 10.7. The fourth-order valence-electron chi connectivity index (χ4n) is 1.44. The number of nitro groups is 1. The highest BCUT2D eigenvalue weighted by Crippen LogP contribution is 2.26. The fraction of sp³-hybridized carbons (Fsp3) is 0.300. The van der Waals surface area contributed by atoms with Gasteiger partial charge in [-0.1, -0.05) is 12.1 Å². The number of hydrogen-bond acceptors (Lipinski definition) is 5. The van der Waals surface area contributed by atoms with Gasteiger partial charge in [-0.15, -0.1) is 0 Å². The quantitative estimate of drug-likeness (QED) is 0.626. The van der Waals surface area contributed by atoms with Gasteiger partial charge in [-0.2, -0.15) is 0 Å². The molecule has 1 heterocycles. The van der Waals surface area contributed by atoms with Crippen molar-refractivity contribution in [1.29, 1.82) is 0 Å². The number of rotatable bonds is 4. The van der Waals surface area contributed by atoms with Crippen LogP contribution < -0.4 is 10.1 Å². The molecule has 1 amide bonds. The minimum absolute atomic E-state index is 0.0869. The molecule has 0 aromatic heterocycles. The van der Waals surface area contributed by atoms with Gasteiger partial charge >= 0.3 is 11.8 Å². The van der Waals surface area contributed by atoms with Crippen molar-refractivity contribution < 1.29 is 19.2 Å². The van der Waals surface area contributed by atoms with Crippen LogP contribution in [0.25, 0.3) is 0 Å². The summed E-state index contributed by atoms with van der Waals surface area (Å²) in [5, 5.41) is 13.2. The van der Waals surface area contributed by atoms with Crippen molar-refractivity contribution >= 4 is 11.8 Å². The van der Waals surface area contributed by atoms with E-state index in [4.69, 9.17) is 9.47 Å². The molecule has 0 spiro atoms. The number of nitrogens with zero attached hydrogens (tertiary/aromatic N) is 1. The van der Waals surface area contributed by atoms with E-state index < -0.39 is 17.1 Å². The van der Waals surface area contributed by atoms with Gasteiger partial charge in [0.25, 0.3) is 0 Å². The first-order valence-electron chi connectivity index (χ1n) is 4.97. The molecular formula is C10H10N2O5. The highest BCUT2D eigenvalue weighted by atomic mass is 16.6. The summed E-state index contributed by atoms with van der Waals surface area (Å²) in [6.45, 7) is 0.434. The minimum atomic E-state index is -0.520. The molecule has 0 bridgehead atoms. The SMILES string of the molecule is O=C1NCC(COc2ccccc2[N+](=O)[O-])O1. The third kappa shape index (κ3) is 2.63. The lowest BCUT2D eigenvalue weighted by Gasteiger charge is -2.09. The van der Waals surface area contributed by atoms with Gasteiger partial charge in [-0.25, -0.2) is 4.79 Å². The van der Waals surface area contributed by atoms with E-state index in [1.807, 2.05) is 0 Å². The molecule has 7 nitrogen and oxygen atoms in total. The van der Waals surface area contributed by atoms with E-state index in [1.54, 1.807) is 12.1 Å². The maximum Gasteiger partial charge on any atom is 0.407 e. The zero-order valence-electron chi connectivity index (χ0n) is 8.79. The highest BCUT2D eigenvalue weighted by molar-refractivity contribution is 5.69. The Labute approximate surface area is 96.5 Å². The van der Waals surface area contributed by atoms with E-state index in [0.717, 1.165) is 0 Å². The lowest BCUT2D eigenvalue weighted by atomic mass is 10.3. The number of ether oxygens (including phenoxy) is 2. The number of nitrogens with one attached hydrogen (secondary N) is 1. The van der Waals surface area contributed by atoms with E-state index in [1.165, 1.54) is 12.1 Å². The molecule has 1 aromatic rings. The summed E-state index contributed by atoms with van der Waals surface area (Å²) in [5.41, 5.74) is -0.107. The molecule has 1 fully saturated rings. The van der Waals surface area contributed by atoms with Crippen molar-refractivity contribution in [3.05, 3.63) is 34.4 Å². The molecule has 0 saturated carbocycles. The van der Waals surface area contributed by atoms with Crippen molar-refractivity contribution in [2.24, 2.45) is 0 Å². The number of nitro benzene ring substituents is 1. The molecule has 1 aliphatic rings.